The molecule has 8 heteroatoms. The van der Waals surface area contributed by atoms with Crippen LogP contribution in [0, 0.1) is 11.6 Å². The molecule has 3 heterocycles. The first kappa shape index (κ1) is 20.0. The van der Waals surface area contributed by atoms with Gasteiger partial charge in [0.15, 0.2) is 0 Å². The van der Waals surface area contributed by atoms with Crippen molar-refractivity contribution < 1.29 is 23.4 Å². The predicted octanol–water partition coefficient (Wildman–Crippen LogP) is 4.35. The number of aryl methyl sites for hydroxylation is 1. The van der Waals surface area contributed by atoms with E-state index in [2.05, 4.69) is 4.98 Å². The van der Waals surface area contributed by atoms with E-state index >= 15 is 0 Å². The molecule has 2 aromatic heterocycles. The van der Waals surface area contributed by atoms with Crippen LogP contribution < -0.4 is 10.3 Å². The van der Waals surface area contributed by atoms with Gasteiger partial charge in [0, 0.05) is 17.3 Å². The van der Waals surface area contributed by atoms with Gasteiger partial charge in [-0.1, -0.05) is 6.07 Å². The van der Waals surface area contributed by atoms with Crippen LogP contribution in [0.2, 0.25) is 0 Å². The molecule has 0 spiro atoms. The molecule has 0 fully saturated rings. The predicted molar refractivity (Wildman–Crippen MR) is 114 cm³/mol. The third-order valence-electron chi connectivity index (χ3n) is 5.73. The fourth-order valence-corrected chi connectivity index (χ4v) is 4.36. The largest absolute Gasteiger partial charge is 0.493 e. The quantitative estimate of drug-likeness (QED) is 0.498. The third-order valence-corrected chi connectivity index (χ3v) is 5.73. The smallest absolute Gasteiger partial charge is 0.353 e. The second-order valence-corrected chi connectivity index (χ2v) is 7.66. The molecule has 0 saturated heterocycles. The van der Waals surface area contributed by atoms with E-state index in [-0.39, 0.29) is 28.9 Å². The summed E-state index contributed by atoms with van der Waals surface area (Å²) in [6, 6.07) is 9.78. The summed E-state index contributed by atoms with van der Waals surface area (Å²) in [5.74, 6) is -2.05. The Balaban J connectivity index is 1.90. The number of halogens is 2. The summed E-state index contributed by atoms with van der Waals surface area (Å²) in [6.45, 7) is 0.230. The number of hydrogen-bond acceptors (Lipinski definition) is 3. The number of carboxylic acids is 1. The van der Waals surface area contributed by atoms with E-state index in [1.54, 1.807) is 12.1 Å². The zero-order chi connectivity index (χ0) is 22.4. The van der Waals surface area contributed by atoms with Crippen molar-refractivity contribution in [2.75, 3.05) is 6.61 Å². The molecule has 0 saturated carbocycles. The van der Waals surface area contributed by atoms with Gasteiger partial charge in [-0.15, -0.1) is 0 Å². The summed E-state index contributed by atoms with van der Waals surface area (Å²) in [5.41, 5.74) is 1.08. The van der Waals surface area contributed by atoms with Crippen molar-refractivity contribution in [2.24, 2.45) is 0 Å². The number of aromatic carboxylic acids is 1. The Morgan fingerprint density at radius 1 is 1.19 bits per heavy atom. The molecule has 6 nitrogen and oxygen atoms in total. The highest BCUT2D eigenvalue weighted by Crippen LogP contribution is 2.43. The summed E-state index contributed by atoms with van der Waals surface area (Å²) < 4.78 is 35.6. The van der Waals surface area contributed by atoms with Gasteiger partial charge in [-0.05, 0) is 54.8 Å². The standard InChI is InChI=1S/C24H18F2N2O4/c25-15-6-7-17(26)14(11-15)12-28-18-8-5-13-3-2-10-32-22(13)20(18)19(21(28)24(30)31)16-4-1-9-27-23(16)29/h1,4-9,11H,2-3,10,12H2,(H,27,29)(H,30,31). The lowest BCUT2D eigenvalue weighted by Gasteiger charge is -2.19. The van der Waals surface area contributed by atoms with Crippen LogP contribution >= 0.6 is 0 Å². The van der Waals surface area contributed by atoms with Gasteiger partial charge in [-0.25, -0.2) is 13.6 Å². The first-order valence-electron chi connectivity index (χ1n) is 10.1. The number of aromatic amines is 1. The maximum absolute atomic E-state index is 14.4. The summed E-state index contributed by atoms with van der Waals surface area (Å²) in [6.07, 6.45) is 3.03. The lowest BCUT2D eigenvalue weighted by Crippen LogP contribution is -2.14. The summed E-state index contributed by atoms with van der Waals surface area (Å²) in [4.78, 5) is 27.7. The molecule has 32 heavy (non-hydrogen) atoms. The highest BCUT2D eigenvalue weighted by atomic mass is 19.1. The van der Waals surface area contributed by atoms with Crippen molar-refractivity contribution in [3.63, 3.8) is 0 Å². The number of ether oxygens (including phenoxy) is 1. The molecule has 1 aliphatic heterocycles. The first-order chi connectivity index (χ1) is 15.5. The number of carboxylic acid groups (broad SMARTS) is 1. The van der Waals surface area contributed by atoms with Crippen LogP contribution in [0.5, 0.6) is 5.75 Å². The van der Waals surface area contributed by atoms with Crippen LogP contribution in [0.3, 0.4) is 0 Å². The molecule has 0 radical (unpaired) electrons. The van der Waals surface area contributed by atoms with Crippen molar-refractivity contribution in [3.05, 3.63) is 87.5 Å². The Morgan fingerprint density at radius 2 is 2.03 bits per heavy atom. The fourth-order valence-electron chi connectivity index (χ4n) is 4.36. The van der Waals surface area contributed by atoms with Gasteiger partial charge in [0.2, 0.25) is 0 Å². The number of pyridine rings is 1. The van der Waals surface area contributed by atoms with Crippen molar-refractivity contribution >= 4 is 16.9 Å². The van der Waals surface area contributed by atoms with Crippen molar-refractivity contribution in [3.8, 4) is 16.9 Å². The van der Waals surface area contributed by atoms with Gasteiger partial charge in [0.1, 0.15) is 23.1 Å². The van der Waals surface area contributed by atoms with E-state index in [4.69, 9.17) is 4.74 Å². The van der Waals surface area contributed by atoms with Gasteiger partial charge < -0.3 is 19.4 Å². The lowest BCUT2D eigenvalue weighted by molar-refractivity contribution is 0.0687. The molecular formula is C24H18F2N2O4. The monoisotopic (exact) mass is 436 g/mol. The maximum Gasteiger partial charge on any atom is 0.353 e. The van der Waals surface area contributed by atoms with E-state index < -0.39 is 23.2 Å². The Kier molecular flexibility index (Phi) is 4.77. The van der Waals surface area contributed by atoms with Crippen LogP contribution in [0.1, 0.15) is 28.0 Å². The van der Waals surface area contributed by atoms with E-state index in [1.165, 1.54) is 16.8 Å². The second kappa shape index (κ2) is 7.64. The number of nitrogens with zero attached hydrogens (tertiary/aromatic N) is 1. The van der Waals surface area contributed by atoms with Crippen molar-refractivity contribution in [1.82, 2.24) is 9.55 Å². The first-order valence-corrected chi connectivity index (χ1v) is 10.1. The van der Waals surface area contributed by atoms with Crippen LogP contribution in [0.15, 0.2) is 53.5 Å². The van der Waals surface area contributed by atoms with Gasteiger partial charge >= 0.3 is 5.97 Å². The molecule has 2 aromatic carbocycles. The van der Waals surface area contributed by atoms with E-state index in [1.807, 2.05) is 6.07 Å². The summed E-state index contributed by atoms with van der Waals surface area (Å²) >= 11 is 0. The number of aromatic nitrogens is 2. The Morgan fingerprint density at radius 3 is 2.81 bits per heavy atom. The van der Waals surface area contributed by atoms with Crippen LogP contribution in [0.25, 0.3) is 22.0 Å². The fraction of sp³-hybridized carbons (Fsp3) is 0.167. The molecule has 1 aliphatic rings. The number of fused-ring (bicyclic) bond motifs is 3. The molecule has 0 aliphatic carbocycles. The van der Waals surface area contributed by atoms with Gasteiger partial charge in [0.25, 0.3) is 5.56 Å². The topological polar surface area (TPSA) is 84.3 Å². The highest BCUT2D eigenvalue weighted by Gasteiger charge is 2.29. The average molecular weight is 436 g/mol. The van der Waals surface area contributed by atoms with Gasteiger partial charge in [0.05, 0.1) is 29.6 Å². The third kappa shape index (κ3) is 3.15. The van der Waals surface area contributed by atoms with Crippen LogP contribution in [0.4, 0.5) is 8.78 Å². The summed E-state index contributed by atoms with van der Waals surface area (Å²) in [5, 5.41) is 10.6. The van der Waals surface area contributed by atoms with Crippen molar-refractivity contribution in [2.45, 2.75) is 19.4 Å². The molecule has 162 valence electrons. The van der Waals surface area contributed by atoms with E-state index in [9.17, 15) is 23.5 Å². The van der Waals surface area contributed by atoms with Gasteiger partial charge in [-0.2, -0.15) is 0 Å². The molecule has 4 aromatic rings. The average Bonchev–Trinajstić information content (AvgIpc) is 3.11. The number of nitrogens with one attached hydrogen (secondary N) is 1. The Labute approximate surface area is 180 Å². The van der Waals surface area contributed by atoms with Gasteiger partial charge in [-0.3, -0.25) is 4.79 Å². The molecule has 5 rings (SSSR count). The highest BCUT2D eigenvalue weighted by molar-refractivity contribution is 6.11. The maximum atomic E-state index is 14.4. The number of rotatable bonds is 4. The number of hydrogen-bond donors (Lipinski definition) is 2. The Hall–Kier alpha value is -3.94. The van der Waals surface area contributed by atoms with E-state index in [0.29, 0.717) is 23.3 Å². The molecule has 2 N–H and O–H groups in total. The number of carbonyl (C=O) groups is 1. The SMILES string of the molecule is O=C(O)c1c(-c2ccc[nH]c2=O)c2c3c(ccc2n1Cc1cc(F)ccc1F)CCCO3. The lowest BCUT2D eigenvalue weighted by atomic mass is 9.98. The number of H-pyrrole nitrogens is 1. The zero-order valence-electron chi connectivity index (χ0n) is 16.8. The Bertz CT molecular complexity index is 1440. The molecule has 0 atom stereocenters. The zero-order valence-corrected chi connectivity index (χ0v) is 16.8. The second-order valence-electron chi connectivity index (χ2n) is 7.66. The van der Waals surface area contributed by atoms with Crippen LogP contribution in [-0.2, 0) is 13.0 Å². The van der Waals surface area contributed by atoms with Crippen molar-refractivity contribution in [1.29, 1.82) is 0 Å². The minimum absolute atomic E-state index is 0.00319. The molecular weight excluding hydrogens is 418 g/mol. The minimum Gasteiger partial charge on any atom is -0.493 e. The number of benzene rings is 2. The summed E-state index contributed by atoms with van der Waals surface area (Å²) in [7, 11) is 0. The van der Waals surface area contributed by atoms with E-state index in [0.717, 1.165) is 36.6 Å². The minimum atomic E-state index is -1.29. The molecule has 0 bridgehead atoms. The van der Waals surface area contributed by atoms with Crippen LogP contribution in [-0.4, -0.2) is 27.2 Å². The normalized spacial score (nSPS) is 13.1. The molecule has 0 amide bonds. The molecule has 0 unspecified atom stereocenters.